The number of nitrogens with one attached hydrogen (secondary N) is 2. The van der Waals surface area contributed by atoms with Crippen molar-refractivity contribution in [3.63, 3.8) is 0 Å². The van der Waals surface area contributed by atoms with Crippen molar-refractivity contribution >= 4 is 46.3 Å². The number of hydrogen-bond acceptors (Lipinski definition) is 9. The Bertz CT molecular complexity index is 1560. The number of hydrogen-bond donors (Lipinski definition) is 2. The molecule has 2 N–H and O–H groups in total. The van der Waals surface area contributed by atoms with Gasteiger partial charge in [0.25, 0.3) is 0 Å². The first kappa shape index (κ1) is 39.6. The highest BCUT2D eigenvalue weighted by molar-refractivity contribution is 7.98. The molecule has 4 rings (SSSR count). The number of likely N-dealkylation sites (tertiary alicyclic amines) is 1. The highest BCUT2D eigenvalue weighted by Crippen LogP contribution is 2.32. The third-order valence-electron chi connectivity index (χ3n) is 7.79. The van der Waals surface area contributed by atoms with Gasteiger partial charge in [0.2, 0.25) is 0 Å². The Labute approximate surface area is 291 Å². The summed E-state index contributed by atoms with van der Waals surface area (Å²) in [6.07, 6.45) is 0.741. The molecule has 0 amide bonds. The Balaban J connectivity index is 0.00000154. The smallest absolute Gasteiger partial charge is 0.406 e. The second-order valence-corrected chi connectivity index (χ2v) is 12.3. The lowest BCUT2D eigenvalue weighted by molar-refractivity contribution is -0.152. The molecular weight excluding hydrogens is 657 g/mol. The van der Waals surface area contributed by atoms with Crippen molar-refractivity contribution in [2.75, 3.05) is 63.9 Å². The van der Waals surface area contributed by atoms with Gasteiger partial charge in [0.1, 0.15) is 24.7 Å². The summed E-state index contributed by atoms with van der Waals surface area (Å²) < 4.78 is 58.4. The minimum atomic E-state index is -4.41. The second kappa shape index (κ2) is 20.0. The maximum absolute atomic E-state index is 13.7. The van der Waals surface area contributed by atoms with Gasteiger partial charge in [0.05, 0.1) is 37.2 Å². The predicted octanol–water partition coefficient (Wildman–Crippen LogP) is 6.84. The number of ether oxygens (including phenoxy) is 3. The molecule has 1 fully saturated rings. The number of anilines is 2. The van der Waals surface area contributed by atoms with E-state index in [-0.39, 0.29) is 24.7 Å². The quantitative estimate of drug-likeness (QED) is 0.0810. The van der Waals surface area contributed by atoms with E-state index in [9.17, 15) is 22.8 Å². The number of nitrogens with zero attached hydrogens (tertiary/aromatic N) is 2. The van der Waals surface area contributed by atoms with Gasteiger partial charge in [0, 0.05) is 61.6 Å². The zero-order valence-electron chi connectivity index (χ0n) is 28.8. The normalized spacial score (nSPS) is 14.2. The number of carbonyl (C=O) groups is 2. The fourth-order valence-corrected chi connectivity index (χ4v) is 5.86. The van der Waals surface area contributed by atoms with E-state index >= 15 is 0 Å². The number of piperidine rings is 1. The summed E-state index contributed by atoms with van der Waals surface area (Å²) in [5, 5.41) is 7.47. The van der Waals surface area contributed by atoms with Crippen LogP contribution in [0.25, 0.3) is 10.9 Å². The summed E-state index contributed by atoms with van der Waals surface area (Å²) in [6.45, 7) is 5.19. The topological polar surface area (TPSA) is 94.1 Å². The fourth-order valence-electron chi connectivity index (χ4n) is 5.43. The number of aromatic nitrogens is 1. The van der Waals surface area contributed by atoms with E-state index in [0.717, 1.165) is 48.5 Å². The van der Waals surface area contributed by atoms with Gasteiger partial charge in [-0.1, -0.05) is 25.8 Å². The number of benzene rings is 2. The van der Waals surface area contributed by atoms with Gasteiger partial charge >= 0.3 is 12.1 Å². The lowest BCUT2D eigenvalue weighted by atomic mass is 10.0. The van der Waals surface area contributed by atoms with E-state index in [1.165, 1.54) is 4.57 Å². The number of aldehydes is 1. The molecule has 1 aromatic heterocycles. The molecule has 1 saturated heterocycles. The molecule has 2 heterocycles. The maximum Gasteiger partial charge on any atom is 0.406 e. The molecular formula is C36H47F3N4O5S. The van der Waals surface area contributed by atoms with Crippen molar-refractivity contribution in [2.24, 2.45) is 0 Å². The van der Waals surface area contributed by atoms with Crippen LogP contribution in [-0.2, 0) is 25.6 Å². The third kappa shape index (κ3) is 12.5. The minimum absolute atomic E-state index is 0.142. The zero-order valence-corrected chi connectivity index (χ0v) is 29.6. The Morgan fingerprint density at radius 1 is 1.12 bits per heavy atom. The van der Waals surface area contributed by atoms with Crippen molar-refractivity contribution in [3.8, 4) is 17.6 Å². The number of thioether (sulfide) groups is 1. The van der Waals surface area contributed by atoms with E-state index in [1.54, 1.807) is 51.1 Å². The Morgan fingerprint density at radius 3 is 2.47 bits per heavy atom. The van der Waals surface area contributed by atoms with Crippen molar-refractivity contribution in [2.45, 2.75) is 69.3 Å². The van der Waals surface area contributed by atoms with Gasteiger partial charge in [-0.25, -0.2) is 0 Å². The first-order valence-corrected chi connectivity index (χ1v) is 17.5. The second-order valence-electron chi connectivity index (χ2n) is 11.4. The molecule has 9 nitrogen and oxygen atoms in total. The van der Waals surface area contributed by atoms with Crippen LogP contribution < -0.4 is 15.4 Å². The zero-order chi connectivity index (χ0) is 35.8. The minimum Gasteiger partial charge on any atom is -0.495 e. The van der Waals surface area contributed by atoms with Crippen LogP contribution in [0.15, 0.2) is 47.4 Å². The van der Waals surface area contributed by atoms with Crippen molar-refractivity contribution in [3.05, 3.63) is 48.2 Å². The van der Waals surface area contributed by atoms with E-state index in [1.807, 2.05) is 37.4 Å². The molecule has 0 bridgehead atoms. The molecule has 1 atom stereocenters. The molecule has 1 aliphatic heterocycles. The van der Waals surface area contributed by atoms with Crippen LogP contribution >= 0.6 is 11.8 Å². The van der Waals surface area contributed by atoms with E-state index in [0.29, 0.717) is 48.3 Å². The number of methoxy groups -OCH3 is 2. The van der Waals surface area contributed by atoms with Crippen LogP contribution in [0, 0.1) is 11.8 Å². The number of alkyl halides is 3. The number of esters is 1. The molecule has 0 aliphatic carbocycles. The number of fused-ring (bicyclic) bond motifs is 1. The summed E-state index contributed by atoms with van der Waals surface area (Å²) >= 11 is 1.60. The Kier molecular flexibility index (Phi) is 16.1. The maximum atomic E-state index is 13.7. The van der Waals surface area contributed by atoms with Gasteiger partial charge in [-0.15, -0.1) is 11.8 Å². The molecule has 0 radical (unpaired) electrons. The number of halogens is 3. The fraction of sp³-hybridized carbons (Fsp3) is 0.500. The van der Waals surface area contributed by atoms with E-state index in [2.05, 4.69) is 27.4 Å². The number of carbonyl (C=O) groups excluding carboxylic acids is 2. The van der Waals surface area contributed by atoms with Crippen LogP contribution in [0.3, 0.4) is 0 Å². The van der Waals surface area contributed by atoms with Crippen LogP contribution in [0.4, 0.5) is 24.5 Å². The van der Waals surface area contributed by atoms with Crippen molar-refractivity contribution < 1.29 is 37.0 Å². The lowest BCUT2D eigenvalue weighted by Gasteiger charge is -2.34. The van der Waals surface area contributed by atoms with E-state index < -0.39 is 12.7 Å². The first-order chi connectivity index (χ1) is 23.5. The number of rotatable bonds is 14. The molecule has 0 spiro atoms. The molecule has 2 aromatic carbocycles. The summed E-state index contributed by atoms with van der Waals surface area (Å²) in [4.78, 5) is 24.3. The average Bonchev–Trinajstić information content (AvgIpc) is 3.43. The molecule has 1 unspecified atom stereocenters. The highest BCUT2D eigenvalue weighted by Gasteiger charge is 2.30. The third-order valence-corrected chi connectivity index (χ3v) is 8.52. The first-order valence-electron chi connectivity index (χ1n) is 16.3. The molecule has 1 aliphatic rings. The highest BCUT2D eigenvalue weighted by atomic mass is 32.2. The molecule has 49 heavy (non-hydrogen) atoms. The molecule has 0 saturated carbocycles. The Hall–Kier alpha value is -3.86. The predicted molar refractivity (Wildman–Crippen MR) is 190 cm³/mol. The van der Waals surface area contributed by atoms with Crippen molar-refractivity contribution in [1.29, 1.82) is 0 Å². The van der Waals surface area contributed by atoms with Crippen LogP contribution in [-0.4, -0.2) is 93.3 Å². The molecule has 268 valence electrons. The van der Waals surface area contributed by atoms with Crippen LogP contribution in [0.2, 0.25) is 0 Å². The van der Waals surface area contributed by atoms with Gasteiger partial charge in [-0.2, -0.15) is 13.2 Å². The standard InChI is InChI=1S/C33H41F3N4O4S.C3H6O/c1-5-32(41)44-25(21-42-2)20-39-16-13-23(14-17-39)38-28-9-6-10-30-27(28)18-24(40(30)22-33(34,35)36)8-7-15-37-29-12-11-26(45-4)19-31(29)43-3;1-2-3-4/h6,9-12,18-19,23,25,37-38H,5,13-17,20-22H2,1-4H3;3H,2H2,1H3. The monoisotopic (exact) mass is 704 g/mol. The van der Waals surface area contributed by atoms with Gasteiger partial charge in [-0.05, 0) is 61.4 Å². The van der Waals surface area contributed by atoms with Gasteiger partial charge in [-0.3, -0.25) is 9.69 Å². The van der Waals surface area contributed by atoms with E-state index in [4.69, 9.17) is 14.2 Å². The van der Waals surface area contributed by atoms with Crippen molar-refractivity contribution in [1.82, 2.24) is 9.47 Å². The summed E-state index contributed by atoms with van der Waals surface area (Å²) in [7, 11) is 3.18. The summed E-state index contributed by atoms with van der Waals surface area (Å²) in [5.74, 6) is 6.37. The van der Waals surface area contributed by atoms with Crippen LogP contribution in [0.5, 0.6) is 5.75 Å². The summed E-state index contributed by atoms with van der Waals surface area (Å²) in [5.41, 5.74) is 2.31. The molecule has 3 aromatic rings. The van der Waals surface area contributed by atoms with Crippen LogP contribution in [0.1, 0.15) is 45.2 Å². The Morgan fingerprint density at radius 2 is 1.86 bits per heavy atom. The molecule has 13 heteroatoms. The average molecular weight is 705 g/mol. The summed E-state index contributed by atoms with van der Waals surface area (Å²) in [6, 6.07) is 13.0. The van der Waals surface area contributed by atoms with Gasteiger partial charge in [0.15, 0.2) is 0 Å². The lowest BCUT2D eigenvalue weighted by Crippen LogP contribution is -2.44. The SMILES string of the molecule is CCC(=O)OC(COC)CN1CCC(Nc2cccc3c2cc(C#CCNc2ccc(SC)cc2OC)n3CC(F)(F)F)CC1.CCC=O. The largest absolute Gasteiger partial charge is 0.495 e. The van der Waals surface area contributed by atoms with Gasteiger partial charge < -0.3 is 34.2 Å².